The zero-order valence-electron chi connectivity index (χ0n) is 9.85. The maximum atomic E-state index is 11.0. The van der Waals surface area contributed by atoms with Gasteiger partial charge >= 0.3 is 0 Å². The van der Waals surface area contributed by atoms with Crippen LogP contribution in [0.4, 0.5) is 0 Å². The van der Waals surface area contributed by atoms with Gasteiger partial charge in [0.1, 0.15) is 5.75 Å². The van der Waals surface area contributed by atoms with Gasteiger partial charge in [-0.3, -0.25) is 4.79 Å². The van der Waals surface area contributed by atoms with E-state index in [2.05, 4.69) is 9.97 Å². The van der Waals surface area contributed by atoms with Gasteiger partial charge in [-0.25, -0.2) is 9.97 Å². The molecule has 0 aliphatic carbocycles. The molecule has 0 radical (unpaired) electrons. The summed E-state index contributed by atoms with van der Waals surface area (Å²) in [6.07, 6.45) is 0. The number of aryl methyl sites for hydroxylation is 1. The van der Waals surface area contributed by atoms with Crippen LogP contribution < -0.4 is 4.74 Å². The first-order chi connectivity index (χ1) is 8.10. The standard InChI is InChI=1S/C12H12N2O2S/c1-7-10-6-9(16-3)4-5-11(10)14-12(13-7)17-8(2)15/h4-6H,1-3H3. The Morgan fingerprint density at radius 2 is 2.12 bits per heavy atom. The van der Waals surface area contributed by atoms with Crippen LogP contribution in [0.5, 0.6) is 5.75 Å². The van der Waals surface area contributed by atoms with Crippen LogP contribution in [0.2, 0.25) is 0 Å². The Labute approximate surface area is 103 Å². The molecule has 2 rings (SSSR count). The summed E-state index contributed by atoms with van der Waals surface area (Å²) < 4.78 is 5.16. The van der Waals surface area contributed by atoms with Crippen molar-refractivity contribution in [1.29, 1.82) is 0 Å². The van der Waals surface area contributed by atoms with Crippen molar-refractivity contribution in [1.82, 2.24) is 9.97 Å². The van der Waals surface area contributed by atoms with Gasteiger partial charge in [0.25, 0.3) is 0 Å². The number of ether oxygens (including phenoxy) is 1. The van der Waals surface area contributed by atoms with E-state index in [1.165, 1.54) is 6.92 Å². The number of aromatic nitrogens is 2. The molecular formula is C12H12N2O2S. The van der Waals surface area contributed by atoms with Crippen molar-refractivity contribution < 1.29 is 9.53 Å². The summed E-state index contributed by atoms with van der Waals surface area (Å²) in [7, 11) is 1.62. The van der Waals surface area contributed by atoms with Crippen LogP contribution in [0, 0.1) is 6.92 Å². The van der Waals surface area contributed by atoms with Crippen molar-refractivity contribution in [2.24, 2.45) is 0 Å². The maximum Gasteiger partial charge on any atom is 0.196 e. The average Bonchev–Trinajstić information content (AvgIpc) is 2.28. The van der Waals surface area contributed by atoms with Crippen molar-refractivity contribution in [3.63, 3.8) is 0 Å². The van der Waals surface area contributed by atoms with Crippen LogP contribution in [0.25, 0.3) is 10.9 Å². The summed E-state index contributed by atoms with van der Waals surface area (Å²) >= 11 is 1.05. The van der Waals surface area contributed by atoms with Gasteiger partial charge in [0.15, 0.2) is 10.3 Å². The van der Waals surface area contributed by atoms with Crippen LogP contribution in [0.15, 0.2) is 23.4 Å². The summed E-state index contributed by atoms with van der Waals surface area (Å²) in [5.41, 5.74) is 1.67. The third-order valence-corrected chi connectivity index (χ3v) is 2.96. The third kappa shape index (κ3) is 2.55. The van der Waals surface area contributed by atoms with E-state index >= 15 is 0 Å². The van der Waals surface area contributed by atoms with E-state index in [1.54, 1.807) is 7.11 Å². The summed E-state index contributed by atoms with van der Waals surface area (Å²) in [6, 6.07) is 5.61. The Morgan fingerprint density at radius 3 is 2.76 bits per heavy atom. The number of thioether (sulfide) groups is 1. The van der Waals surface area contributed by atoms with E-state index in [1.807, 2.05) is 25.1 Å². The lowest BCUT2D eigenvalue weighted by atomic mass is 10.2. The van der Waals surface area contributed by atoms with Crippen molar-refractivity contribution in [3.05, 3.63) is 23.9 Å². The Bertz CT molecular complexity index is 584. The fraction of sp³-hybridized carbons (Fsp3) is 0.250. The topological polar surface area (TPSA) is 52.1 Å². The van der Waals surface area contributed by atoms with Gasteiger partial charge in [-0.2, -0.15) is 0 Å². The summed E-state index contributed by atoms with van der Waals surface area (Å²) in [4.78, 5) is 19.6. The van der Waals surface area contributed by atoms with E-state index in [4.69, 9.17) is 4.74 Å². The molecule has 0 aliphatic heterocycles. The molecule has 0 saturated heterocycles. The van der Waals surface area contributed by atoms with E-state index in [0.29, 0.717) is 5.16 Å². The summed E-state index contributed by atoms with van der Waals surface area (Å²) in [6.45, 7) is 3.40. The van der Waals surface area contributed by atoms with Crippen LogP contribution in [0.1, 0.15) is 12.6 Å². The number of rotatable bonds is 2. The highest BCUT2D eigenvalue weighted by molar-refractivity contribution is 8.13. The minimum absolute atomic E-state index is 0.0164. The molecule has 17 heavy (non-hydrogen) atoms. The highest BCUT2D eigenvalue weighted by Crippen LogP contribution is 2.24. The highest BCUT2D eigenvalue weighted by atomic mass is 32.2. The smallest absolute Gasteiger partial charge is 0.196 e. The van der Waals surface area contributed by atoms with Gasteiger partial charge < -0.3 is 4.74 Å². The van der Waals surface area contributed by atoms with Crippen molar-refractivity contribution >= 4 is 27.8 Å². The molecule has 0 saturated carbocycles. The normalized spacial score (nSPS) is 10.5. The predicted molar refractivity (Wildman–Crippen MR) is 67.4 cm³/mol. The number of hydrogen-bond donors (Lipinski definition) is 0. The lowest BCUT2D eigenvalue weighted by molar-refractivity contribution is -0.109. The van der Waals surface area contributed by atoms with Crippen LogP contribution in [0.3, 0.4) is 0 Å². The Hall–Kier alpha value is -1.62. The van der Waals surface area contributed by atoms with Crippen molar-refractivity contribution in [2.75, 3.05) is 7.11 Å². The van der Waals surface area contributed by atoms with E-state index in [9.17, 15) is 4.79 Å². The molecule has 0 atom stereocenters. The van der Waals surface area contributed by atoms with Gasteiger partial charge in [-0.1, -0.05) is 0 Å². The second-order valence-corrected chi connectivity index (χ2v) is 4.71. The van der Waals surface area contributed by atoms with Crippen LogP contribution >= 0.6 is 11.8 Å². The third-order valence-electron chi connectivity index (χ3n) is 2.31. The lowest BCUT2D eigenvalue weighted by Crippen LogP contribution is -1.95. The number of benzene rings is 1. The van der Waals surface area contributed by atoms with Gasteiger partial charge in [-0.15, -0.1) is 0 Å². The molecule has 1 aromatic heterocycles. The molecule has 0 unspecified atom stereocenters. The first-order valence-electron chi connectivity index (χ1n) is 5.11. The second kappa shape index (κ2) is 4.71. The quantitative estimate of drug-likeness (QED) is 0.604. The first-order valence-corrected chi connectivity index (χ1v) is 5.92. The molecule has 1 heterocycles. The maximum absolute atomic E-state index is 11.0. The van der Waals surface area contributed by atoms with E-state index in [-0.39, 0.29) is 5.12 Å². The summed E-state index contributed by atoms with van der Waals surface area (Å²) in [5, 5.41) is 1.42. The number of carbonyl (C=O) groups excluding carboxylic acids is 1. The molecule has 5 heteroatoms. The predicted octanol–water partition coefficient (Wildman–Crippen LogP) is 2.59. The average molecular weight is 248 g/mol. The fourth-order valence-electron chi connectivity index (χ4n) is 1.54. The molecule has 0 fully saturated rings. The van der Waals surface area contributed by atoms with Crippen LogP contribution in [-0.2, 0) is 4.79 Å². The Kier molecular flexibility index (Phi) is 3.28. The minimum Gasteiger partial charge on any atom is -0.497 e. The van der Waals surface area contributed by atoms with E-state index in [0.717, 1.165) is 34.1 Å². The number of hydrogen-bond acceptors (Lipinski definition) is 5. The number of fused-ring (bicyclic) bond motifs is 1. The number of methoxy groups -OCH3 is 1. The monoisotopic (exact) mass is 248 g/mol. The molecule has 0 bridgehead atoms. The molecule has 0 N–H and O–H groups in total. The Morgan fingerprint density at radius 1 is 1.35 bits per heavy atom. The molecule has 0 aliphatic rings. The molecule has 88 valence electrons. The molecular weight excluding hydrogens is 236 g/mol. The molecule has 0 amide bonds. The molecule has 2 aromatic rings. The Balaban J connectivity index is 2.55. The minimum atomic E-state index is -0.0164. The second-order valence-electron chi connectivity index (χ2n) is 3.57. The SMILES string of the molecule is COc1ccc2nc(SC(C)=O)nc(C)c2c1. The molecule has 0 spiro atoms. The van der Waals surface area contributed by atoms with Gasteiger partial charge in [0.2, 0.25) is 0 Å². The fourth-order valence-corrected chi connectivity index (χ4v) is 2.12. The van der Waals surface area contributed by atoms with Gasteiger partial charge in [0.05, 0.1) is 12.6 Å². The lowest BCUT2D eigenvalue weighted by Gasteiger charge is -2.05. The van der Waals surface area contributed by atoms with Crippen LogP contribution in [-0.4, -0.2) is 22.2 Å². The number of nitrogens with zero attached hydrogens (tertiary/aromatic N) is 2. The van der Waals surface area contributed by atoms with Gasteiger partial charge in [0, 0.05) is 18.0 Å². The molecule has 1 aromatic carbocycles. The van der Waals surface area contributed by atoms with Crippen molar-refractivity contribution in [3.8, 4) is 5.75 Å². The van der Waals surface area contributed by atoms with E-state index < -0.39 is 0 Å². The highest BCUT2D eigenvalue weighted by Gasteiger charge is 2.08. The zero-order valence-corrected chi connectivity index (χ0v) is 10.7. The first kappa shape index (κ1) is 11.9. The number of carbonyl (C=O) groups is 1. The summed E-state index contributed by atoms with van der Waals surface area (Å²) in [5.74, 6) is 0.774. The van der Waals surface area contributed by atoms with Crippen molar-refractivity contribution in [2.45, 2.75) is 19.0 Å². The molecule has 4 nitrogen and oxygen atoms in total. The van der Waals surface area contributed by atoms with Gasteiger partial charge in [-0.05, 0) is 36.9 Å². The zero-order chi connectivity index (χ0) is 12.4. The largest absolute Gasteiger partial charge is 0.497 e.